The number of aliphatic hydroxyl groups is 1. The van der Waals surface area contributed by atoms with E-state index in [1.165, 1.54) is 0 Å². The van der Waals surface area contributed by atoms with Crippen molar-refractivity contribution in [2.75, 3.05) is 7.11 Å². The first kappa shape index (κ1) is 12.5. The van der Waals surface area contributed by atoms with E-state index in [4.69, 9.17) is 10.00 Å². The topological polar surface area (TPSA) is 53.2 Å². The minimum Gasteiger partial charge on any atom is -0.497 e. The van der Waals surface area contributed by atoms with Crippen LogP contribution >= 0.6 is 0 Å². The van der Waals surface area contributed by atoms with Gasteiger partial charge in [0.25, 0.3) is 0 Å². The van der Waals surface area contributed by atoms with Crippen molar-refractivity contribution in [2.24, 2.45) is 5.92 Å². The Labute approximate surface area is 96.3 Å². The van der Waals surface area contributed by atoms with E-state index in [0.29, 0.717) is 12.2 Å². The molecule has 0 spiro atoms. The van der Waals surface area contributed by atoms with Crippen LogP contribution in [0.25, 0.3) is 0 Å². The minimum atomic E-state index is -0.736. The number of nitriles is 1. The van der Waals surface area contributed by atoms with Gasteiger partial charge in [-0.05, 0) is 24.1 Å². The van der Waals surface area contributed by atoms with Crippen molar-refractivity contribution in [2.45, 2.75) is 25.9 Å². The molecule has 3 heteroatoms. The Bertz CT molecular complexity index is 370. The molecular formula is C13H17NO2. The van der Waals surface area contributed by atoms with Gasteiger partial charge in [-0.25, -0.2) is 0 Å². The Hall–Kier alpha value is -1.53. The van der Waals surface area contributed by atoms with Crippen molar-refractivity contribution in [3.8, 4) is 11.8 Å². The summed E-state index contributed by atoms with van der Waals surface area (Å²) in [5, 5.41) is 19.0. The van der Waals surface area contributed by atoms with Crippen molar-refractivity contribution in [3.63, 3.8) is 0 Å². The normalized spacial score (nSPS) is 13.9. The maximum absolute atomic E-state index is 10.1. The number of hydrogen-bond acceptors (Lipinski definition) is 3. The molecule has 1 N–H and O–H groups in total. The molecule has 0 aliphatic heterocycles. The molecule has 2 atom stereocenters. The van der Waals surface area contributed by atoms with Crippen LogP contribution in [0.5, 0.6) is 5.75 Å². The molecule has 86 valence electrons. The van der Waals surface area contributed by atoms with Crippen LogP contribution in [-0.4, -0.2) is 12.2 Å². The average Bonchev–Trinajstić information content (AvgIpc) is 2.35. The number of rotatable bonds is 5. The van der Waals surface area contributed by atoms with Crippen LogP contribution in [0.3, 0.4) is 0 Å². The Morgan fingerprint density at radius 2 is 2.25 bits per heavy atom. The Balaban J connectivity index is 2.86. The van der Waals surface area contributed by atoms with Crippen LogP contribution in [0.2, 0.25) is 0 Å². The first-order chi connectivity index (χ1) is 7.72. The third-order valence-corrected chi connectivity index (χ3v) is 2.58. The molecule has 0 aromatic heterocycles. The molecule has 0 saturated heterocycles. The van der Waals surface area contributed by atoms with Gasteiger partial charge in [-0.2, -0.15) is 5.26 Å². The van der Waals surface area contributed by atoms with Gasteiger partial charge in [-0.3, -0.25) is 0 Å². The van der Waals surface area contributed by atoms with Crippen LogP contribution in [-0.2, 0) is 0 Å². The molecule has 0 radical (unpaired) electrons. The van der Waals surface area contributed by atoms with Crippen LogP contribution < -0.4 is 4.74 Å². The van der Waals surface area contributed by atoms with Gasteiger partial charge in [0.15, 0.2) is 0 Å². The van der Waals surface area contributed by atoms with Gasteiger partial charge in [0.1, 0.15) is 5.75 Å². The van der Waals surface area contributed by atoms with Crippen LogP contribution in [0.4, 0.5) is 0 Å². The van der Waals surface area contributed by atoms with Crippen molar-refractivity contribution in [1.82, 2.24) is 0 Å². The molecule has 1 aromatic carbocycles. The zero-order chi connectivity index (χ0) is 12.0. The molecule has 0 fully saturated rings. The zero-order valence-electron chi connectivity index (χ0n) is 9.68. The molecule has 0 saturated carbocycles. The van der Waals surface area contributed by atoms with Crippen LogP contribution in [0.1, 0.15) is 31.4 Å². The fraction of sp³-hybridized carbons (Fsp3) is 0.462. The fourth-order valence-electron chi connectivity index (χ4n) is 1.66. The fourth-order valence-corrected chi connectivity index (χ4v) is 1.66. The lowest BCUT2D eigenvalue weighted by Crippen LogP contribution is -2.10. The third kappa shape index (κ3) is 2.98. The maximum Gasteiger partial charge on any atom is 0.119 e. The summed E-state index contributed by atoms with van der Waals surface area (Å²) in [5.41, 5.74) is 0.736. The third-order valence-electron chi connectivity index (χ3n) is 2.58. The molecule has 0 heterocycles. The quantitative estimate of drug-likeness (QED) is 0.828. The summed E-state index contributed by atoms with van der Waals surface area (Å²) in [5.74, 6) is 0.349. The van der Waals surface area contributed by atoms with Crippen molar-refractivity contribution in [3.05, 3.63) is 29.8 Å². The van der Waals surface area contributed by atoms with Gasteiger partial charge in [0.2, 0.25) is 0 Å². The standard InChI is InChI=1S/C13H17NO2/c1-3-5-11(9-14)13(15)10-6-4-7-12(8-10)16-2/h4,6-8,11,13,15H,3,5H2,1-2H3. The second-order valence-corrected chi connectivity index (χ2v) is 3.75. The second kappa shape index (κ2) is 6.14. The lowest BCUT2D eigenvalue weighted by molar-refractivity contribution is 0.129. The Kier molecular flexibility index (Phi) is 4.81. The molecule has 2 unspecified atom stereocenters. The number of hydrogen-bond donors (Lipinski definition) is 1. The number of benzene rings is 1. The summed E-state index contributed by atoms with van der Waals surface area (Å²) in [6.45, 7) is 2.00. The highest BCUT2D eigenvalue weighted by Crippen LogP contribution is 2.27. The average molecular weight is 219 g/mol. The van der Waals surface area contributed by atoms with E-state index in [1.54, 1.807) is 13.2 Å². The van der Waals surface area contributed by atoms with E-state index in [1.807, 2.05) is 25.1 Å². The monoisotopic (exact) mass is 219 g/mol. The van der Waals surface area contributed by atoms with Gasteiger partial charge in [0, 0.05) is 0 Å². The van der Waals surface area contributed by atoms with Crippen LogP contribution in [0, 0.1) is 17.2 Å². The Morgan fingerprint density at radius 1 is 1.50 bits per heavy atom. The number of nitrogens with zero attached hydrogens (tertiary/aromatic N) is 1. The lowest BCUT2D eigenvalue weighted by atomic mass is 9.93. The van der Waals surface area contributed by atoms with E-state index >= 15 is 0 Å². The first-order valence-electron chi connectivity index (χ1n) is 5.44. The van der Waals surface area contributed by atoms with Gasteiger partial charge >= 0.3 is 0 Å². The maximum atomic E-state index is 10.1. The van der Waals surface area contributed by atoms with E-state index in [0.717, 1.165) is 12.0 Å². The smallest absolute Gasteiger partial charge is 0.119 e. The summed E-state index contributed by atoms with van der Waals surface area (Å²) in [7, 11) is 1.58. The summed E-state index contributed by atoms with van der Waals surface area (Å²) in [6, 6.07) is 9.36. The molecule has 0 aliphatic rings. The molecule has 0 bridgehead atoms. The predicted octanol–water partition coefficient (Wildman–Crippen LogP) is 2.67. The lowest BCUT2D eigenvalue weighted by Gasteiger charge is -2.16. The number of ether oxygens (including phenoxy) is 1. The highest BCUT2D eigenvalue weighted by atomic mass is 16.5. The highest BCUT2D eigenvalue weighted by Gasteiger charge is 2.19. The van der Waals surface area contributed by atoms with Crippen molar-refractivity contribution in [1.29, 1.82) is 5.26 Å². The largest absolute Gasteiger partial charge is 0.497 e. The van der Waals surface area contributed by atoms with E-state index in [-0.39, 0.29) is 5.92 Å². The first-order valence-corrected chi connectivity index (χ1v) is 5.44. The molecule has 0 amide bonds. The molecular weight excluding hydrogens is 202 g/mol. The van der Waals surface area contributed by atoms with Crippen molar-refractivity contribution >= 4 is 0 Å². The SMILES string of the molecule is CCCC(C#N)C(O)c1cccc(OC)c1. The van der Waals surface area contributed by atoms with Gasteiger partial charge in [-0.15, -0.1) is 0 Å². The molecule has 3 nitrogen and oxygen atoms in total. The number of aliphatic hydroxyl groups excluding tert-OH is 1. The molecule has 1 aromatic rings. The minimum absolute atomic E-state index is 0.350. The van der Waals surface area contributed by atoms with Crippen LogP contribution in [0.15, 0.2) is 24.3 Å². The summed E-state index contributed by atoms with van der Waals surface area (Å²) in [6.07, 6.45) is 0.855. The number of methoxy groups -OCH3 is 1. The molecule has 1 rings (SSSR count). The Morgan fingerprint density at radius 3 is 2.81 bits per heavy atom. The van der Waals surface area contributed by atoms with E-state index in [2.05, 4.69) is 6.07 Å². The summed E-state index contributed by atoms with van der Waals surface area (Å²) in [4.78, 5) is 0. The van der Waals surface area contributed by atoms with Gasteiger partial charge in [-0.1, -0.05) is 25.5 Å². The van der Waals surface area contributed by atoms with Crippen molar-refractivity contribution < 1.29 is 9.84 Å². The summed E-state index contributed by atoms with van der Waals surface area (Å²) >= 11 is 0. The summed E-state index contributed by atoms with van der Waals surface area (Å²) < 4.78 is 5.08. The van der Waals surface area contributed by atoms with Gasteiger partial charge < -0.3 is 9.84 Å². The van der Waals surface area contributed by atoms with E-state index in [9.17, 15) is 5.11 Å². The van der Waals surface area contributed by atoms with E-state index < -0.39 is 6.10 Å². The highest BCUT2D eigenvalue weighted by molar-refractivity contribution is 5.30. The zero-order valence-corrected chi connectivity index (χ0v) is 9.68. The van der Waals surface area contributed by atoms with Gasteiger partial charge in [0.05, 0.1) is 25.2 Å². The molecule has 16 heavy (non-hydrogen) atoms. The second-order valence-electron chi connectivity index (χ2n) is 3.75. The predicted molar refractivity (Wildman–Crippen MR) is 62.0 cm³/mol. The molecule has 0 aliphatic carbocycles.